The molecule has 2 heterocycles. The number of nitrogens with one attached hydrogen (secondary N) is 2. The lowest BCUT2D eigenvalue weighted by Gasteiger charge is -2.04. The van der Waals surface area contributed by atoms with Crippen molar-refractivity contribution in [3.8, 4) is 11.3 Å². The third kappa shape index (κ3) is 3.83. The van der Waals surface area contributed by atoms with Crippen LogP contribution in [-0.4, -0.2) is 28.5 Å². The lowest BCUT2D eigenvalue weighted by atomic mass is 10.1. The van der Waals surface area contributed by atoms with Crippen LogP contribution in [0.4, 0.5) is 5.82 Å². The molecule has 3 aromatic rings. The molecule has 120 valence electrons. The predicted octanol–water partition coefficient (Wildman–Crippen LogP) is 2.11. The molecule has 0 spiro atoms. The number of hydrogen-bond donors (Lipinski definition) is 2. The van der Waals surface area contributed by atoms with E-state index in [1.54, 1.807) is 24.4 Å². The van der Waals surface area contributed by atoms with E-state index in [4.69, 9.17) is 4.52 Å². The third-order valence-corrected chi connectivity index (χ3v) is 3.14. The van der Waals surface area contributed by atoms with Crippen molar-refractivity contribution in [2.45, 2.75) is 0 Å². The standard InChI is InChI=1S/C17H14N4O3/c22-16(20-15-8-4-5-9-18-15)11-19-17(23)13-10-14(24-21-13)12-6-2-1-3-7-12/h1-10H,11H2,(H,19,23)(H,18,20,22). The Morgan fingerprint density at radius 3 is 2.58 bits per heavy atom. The van der Waals surface area contributed by atoms with Crippen LogP contribution in [0.3, 0.4) is 0 Å². The summed E-state index contributed by atoms with van der Waals surface area (Å²) >= 11 is 0. The summed E-state index contributed by atoms with van der Waals surface area (Å²) in [5, 5.41) is 8.78. The second-order valence-corrected chi connectivity index (χ2v) is 4.89. The quantitative estimate of drug-likeness (QED) is 0.750. The summed E-state index contributed by atoms with van der Waals surface area (Å²) in [6.45, 7) is -0.192. The van der Waals surface area contributed by atoms with Crippen LogP contribution in [0, 0.1) is 0 Å². The van der Waals surface area contributed by atoms with Gasteiger partial charge in [0.15, 0.2) is 11.5 Å². The molecule has 0 saturated heterocycles. The van der Waals surface area contributed by atoms with E-state index in [1.807, 2.05) is 30.3 Å². The number of anilines is 1. The lowest BCUT2D eigenvalue weighted by molar-refractivity contribution is -0.115. The summed E-state index contributed by atoms with van der Waals surface area (Å²) in [5.74, 6) is 0.0363. The van der Waals surface area contributed by atoms with Crippen molar-refractivity contribution in [2.24, 2.45) is 0 Å². The molecule has 0 aliphatic rings. The van der Waals surface area contributed by atoms with Crippen LogP contribution in [0.5, 0.6) is 0 Å². The first-order valence-electron chi connectivity index (χ1n) is 7.23. The minimum atomic E-state index is -0.489. The average molecular weight is 322 g/mol. The van der Waals surface area contributed by atoms with Crippen molar-refractivity contribution in [1.29, 1.82) is 0 Å². The van der Waals surface area contributed by atoms with Gasteiger partial charge in [-0.2, -0.15) is 0 Å². The molecule has 7 nitrogen and oxygen atoms in total. The maximum Gasteiger partial charge on any atom is 0.273 e. The molecule has 0 fully saturated rings. The molecule has 0 unspecified atom stereocenters. The highest BCUT2D eigenvalue weighted by Gasteiger charge is 2.14. The number of nitrogens with zero attached hydrogens (tertiary/aromatic N) is 2. The van der Waals surface area contributed by atoms with Crippen LogP contribution < -0.4 is 10.6 Å². The molecule has 0 radical (unpaired) electrons. The highest BCUT2D eigenvalue weighted by Crippen LogP contribution is 2.19. The molecule has 0 saturated carbocycles. The van der Waals surface area contributed by atoms with Crippen molar-refractivity contribution < 1.29 is 14.1 Å². The molecule has 2 amide bonds. The van der Waals surface area contributed by atoms with Crippen LogP contribution >= 0.6 is 0 Å². The van der Waals surface area contributed by atoms with Crippen molar-refractivity contribution in [1.82, 2.24) is 15.5 Å². The Kier molecular flexibility index (Phi) is 4.62. The van der Waals surface area contributed by atoms with E-state index in [0.29, 0.717) is 11.6 Å². The second-order valence-electron chi connectivity index (χ2n) is 4.89. The van der Waals surface area contributed by atoms with E-state index in [-0.39, 0.29) is 18.1 Å². The number of hydrogen-bond acceptors (Lipinski definition) is 5. The smallest absolute Gasteiger partial charge is 0.273 e. The van der Waals surface area contributed by atoms with Crippen molar-refractivity contribution in [2.75, 3.05) is 11.9 Å². The fraction of sp³-hybridized carbons (Fsp3) is 0.0588. The predicted molar refractivity (Wildman–Crippen MR) is 87.1 cm³/mol. The van der Waals surface area contributed by atoms with E-state index in [0.717, 1.165) is 5.56 Å². The molecule has 1 aromatic carbocycles. The van der Waals surface area contributed by atoms with Gasteiger partial charge in [-0.15, -0.1) is 0 Å². The summed E-state index contributed by atoms with van der Waals surface area (Å²) in [6.07, 6.45) is 1.56. The van der Waals surface area contributed by atoms with Gasteiger partial charge >= 0.3 is 0 Å². The fourth-order valence-electron chi connectivity index (χ4n) is 2.00. The van der Waals surface area contributed by atoms with Gasteiger partial charge in [-0.1, -0.05) is 41.6 Å². The number of aromatic nitrogens is 2. The molecule has 3 rings (SSSR count). The van der Waals surface area contributed by atoms with E-state index in [1.165, 1.54) is 6.07 Å². The molecule has 0 atom stereocenters. The van der Waals surface area contributed by atoms with Crippen molar-refractivity contribution >= 4 is 17.6 Å². The van der Waals surface area contributed by atoms with Gasteiger partial charge in [0, 0.05) is 17.8 Å². The van der Waals surface area contributed by atoms with Gasteiger partial charge in [0.1, 0.15) is 5.82 Å². The molecule has 2 N–H and O–H groups in total. The van der Waals surface area contributed by atoms with Crippen molar-refractivity contribution in [3.63, 3.8) is 0 Å². The van der Waals surface area contributed by atoms with Crippen molar-refractivity contribution in [3.05, 3.63) is 66.5 Å². The molecule has 0 aliphatic carbocycles. The monoisotopic (exact) mass is 322 g/mol. The Morgan fingerprint density at radius 1 is 1.04 bits per heavy atom. The van der Waals surface area contributed by atoms with Crippen LogP contribution in [0.2, 0.25) is 0 Å². The minimum Gasteiger partial charge on any atom is -0.355 e. The molecular weight excluding hydrogens is 308 g/mol. The zero-order valence-corrected chi connectivity index (χ0v) is 12.6. The van der Waals surface area contributed by atoms with Crippen LogP contribution in [-0.2, 0) is 4.79 Å². The van der Waals surface area contributed by atoms with Gasteiger partial charge in [-0.05, 0) is 12.1 Å². The van der Waals surface area contributed by atoms with E-state index >= 15 is 0 Å². The number of rotatable bonds is 5. The largest absolute Gasteiger partial charge is 0.355 e. The van der Waals surface area contributed by atoms with Gasteiger partial charge in [-0.3, -0.25) is 9.59 Å². The Hall–Kier alpha value is -3.48. The SMILES string of the molecule is O=C(CNC(=O)c1cc(-c2ccccc2)on1)Nc1ccccn1. The van der Waals surface area contributed by atoms with E-state index in [2.05, 4.69) is 20.8 Å². The molecule has 2 aromatic heterocycles. The van der Waals surface area contributed by atoms with Gasteiger partial charge in [0.2, 0.25) is 5.91 Å². The number of carbonyl (C=O) groups excluding carboxylic acids is 2. The van der Waals surface area contributed by atoms with Gasteiger partial charge in [0.25, 0.3) is 5.91 Å². The van der Waals surface area contributed by atoms with Crippen LogP contribution in [0.15, 0.2) is 65.3 Å². The highest BCUT2D eigenvalue weighted by atomic mass is 16.5. The zero-order valence-electron chi connectivity index (χ0n) is 12.6. The first-order valence-corrected chi connectivity index (χ1v) is 7.23. The number of amides is 2. The number of carbonyl (C=O) groups is 2. The van der Waals surface area contributed by atoms with Crippen LogP contribution in [0.25, 0.3) is 11.3 Å². The first kappa shape index (κ1) is 15.4. The maximum atomic E-state index is 12.0. The number of pyridine rings is 1. The summed E-state index contributed by atoms with van der Waals surface area (Å²) in [7, 11) is 0. The molecule has 0 bridgehead atoms. The topological polar surface area (TPSA) is 97.1 Å². The molecule has 7 heteroatoms. The van der Waals surface area contributed by atoms with Gasteiger partial charge in [0.05, 0.1) is 6.54 Å². The summed E-state index contributed by atoms with van der Waals surface area (Å²) in [6, 6.07) is 16.0. The lowest BCUT2D eigenvalue weighted by Crippen LogP contribution is -2.33. The van der Waals surface area contributed by atoms with Gasteiger partial charge < -0.3 is 15.2 Å². The number of benzene rings is 1. The minimum absolute atomic E-state index is 0.111. The molecule has 0 aliphatic heterocycles. The van der Waals surface area contributed by atoms with E-state index in [9.17, 15) is 9.59 Å². The summed E-state index contributed by atoms with van der Waals surface area (Å²) in [5.41, 5.74) is 0.927. The highest BCUT2D eigenvalue weighted by molar-refractivity contribution is 5.98. The Balaban J connectivity index is 1.56. The fourth-order valence-corrected chi connectivity index (χ4v) is 2.00. The van der Waals surface area contributed by atoms with Gasteiger partial charge in [-0.25, -0.2) is 4.98 Å². The van der Waals surface area contributed by atoms with Crippen LogP contribution in [0.1, 0.15) is 10.5 Å². The molecule has 24 heavy (non-hydrogen) atoms. The van der Waals surface area contributed by atoms with E-state index < -0.39 is 5.91 Å². The first-order chi connectivity index (χ1) is 11.7. The average Bonchev–Trinajstić information content (AvgIpc) is 3.11. The Morgan fingerprint density at radius 2 is 1.83 bits per heavy atom. The second kappa shape index (κ2) is 7.19. The molecular formula is C17H14N4O3. The Labute approximate surface area is 137 Å². The normalized spacial score (nSPS) is 10.2. The Bertz CT molecular complexity index is 831. The zero-order chi connectivity index (χ0) is 16.8. The third-order valence-electron chi connectivity index (χ3n) is 3.14. The summed E-state index contributed by atoms with van der Waals surface area (Å²) in [4.78, 5) is 27.8. The summed E-state index contributed by atoms with van der Waals surface area (Å²) < 4.78 is 5.15. The maximum absolute atomic E-state index is 12.0.